The van der Waals surface area contributed by atoms with E-state index in [4.69, 9.17) is 0 Å². The van der Waals surface area contributed by atoms with E-state index in [1.54, 1.807) is 0 Å². The first kappa shape index (κ1) is 11.5. The number of amides is 1. The van der Waals surface area contributed by atoms with E-state index in [1.807, 2.05) is 12.1 Å². The SMILES string of the molecule is COC(=O)N[C@@H]1C[C@H]2CCc3cccc(c32)[C@H]1O. The minimum Gasteiger partial charge on any atom is -0.453 e. The molecule has 3 atom stereocenters. The molecular weight excluding hydrogens is 230 g/mol. The lowest BCUT2D eigenvalue weighted by Gasteiger charge is -2.33. The highest BCUT2D eigenvalue weighted by atomic mass is 16.5. The summed E-state index contributed by atoms with van der Waals surface area (Å²) in [5.41, 5.74) is 3.64. The van der Waals surface area contributed by atoms with Gasteiger partial charge in [0.1, 0.15) is 0 Å². The van der Waals surface area contributed by atoms with Gasteiger partial charge in [-0.15, -0.1) is 0 Å². The minimum absolute atomic E-state index is 0.247. The number of hydrogen-bond acceptors (Lipinski definition) is 3. The number of benzene rings is 1. The van der Waals surface area contributed by atoms with Crippen LogP contribution in [0.1, 0.15) is 41.6 Å². The molecule has 4 nitrogen and oxygen atoms in total. The van der Waals surface area contributed by atoms with Gasteiger partial charge in [0.2, 0.25) is 0 Å². The van der Waals surface area contributed by atoms with Crippen molar-refractivity contribution in [2.45, 2.75) is 37.3 Å². The lowest BCUT2D eigenvalue weighted by atomic mass is 9.79. The van der Waals surface area contributed by atoms with Crippen LogP contribution in [0, 0.1) is 0 Å². The summed E-state index contributed by atoms with van der Waals surface area (Å²) in [4.78, 5) is 11.3. The molecule has 0 aliphatic heterocycles. The molecule has 0 spiro atoms. The average molecular weight is 247 g/mol. The standard InChI is InChI=1S/C14H17NO3/c1-18-14(17)15-11-7-9-6-5-8-3-2-4-10(12(8)9)13(11)16/h2-4,9,11,13,16H,5-7H2,1H3,(H,15,17)/t9-,11-,13-/m1/s1. The van der Waals surface area contributed by atoms with Gasteiger partial charge in [-0.3, -0.25) is 0 Å². The van der Waals surface area contributed by atoms with Crippen LogP contribution in [0.2, 0.25) is 0 Å². The second-order valence-corrected chi connectivity index (χ2v) is 5.08. The summed E-state index contributed by atoms with van der Waals surface area (Å²) in [6, 6.07) is 5.84. The lowest BCUT2D eigenvalue weighted by Crippen LogP contribution is -2.42. The van der Waals surface area contributed by atoms with Crippen molar-refractivity contribution in [3.05, 3.63) is 34.9 Å². The largest absolute Gasteiger partial charge is 0.453 e. The maximum Gasteiger partial charge on any atom is 0.407 e. The van der Waals surface area contributed by atoms with E-state index in [9.17, 15) is 9.90 Å². The summed E-state index contributed by atoms with van der Waals surface area (Å²) in [6.45, 7) is 0. The Morgan fingerprint density at radius 3 is 3.11 bits per heavy atom. The number of aliphatic hydroxyl groups excluding tert-OH is 1. The van der Waals surface area contributed by atoms with Crippen molar-refractivity contribution in [2.75, 3.05) is 7.11 Å². The van der Waals surface area contributed by atoms with E-state index in [-0.39, 0.29) is 6.04 Å². The Labute approximate surface area is 106 Å². The normalized spacial score (nSPS) is 28.7. The molecule has 0 bridgehead atoms. The second-order valence-electron chi connectivity index (χ2n) is 5.08. The summed E-state index contributed by atoms with van der Waals surface area (Å²) in [5, 5.41) is 13.1. The Hall–Kier alpha value is -1.55. The molecule has 96 valence electrons. The molecule has 0 unspecified atom stereocenters. The van der Waals surface area contributed by atoms with Gasteiger partial charge in [0.15, 0.2) is 0 Å². The molecule has 0 saturated heterocycles. The fourth-order valence-corrected chi connectivity index (χ4v) is 3.32. The quantitative estimate of drug-likeness (QED) is 0.796. The van der Waals surface area contributed by atoms with Crippen molar-refractivity contribution in [3.63, 3.8) is 0 Å². The number of methoxy groups -OCH3 is 1. The Bertz CT molecular complexity index is 486. The van der Waals surface area contributed by atoms with E-state index in [0.717, 1.165) is 24.8 Å². The maximum absolute atomic E-state index is 11.3. The zero-order chi connectivity index (χ0) is 12.7. The molecule has 2 N–H and O–H groups in total. The van der Waals surface area contributed by atoms with Crippen LogP contribution in [-0.4, -0.2) is 24.4 Å². The Balaban J connectivity index is 1.92. The molecule has 0 fully saturated rings. The third kappa shape index (κ3) is 1.68. The average Bonchev–Trinajstić information content (AvgIpc) is 2.79. The van der Waals surface area contributed by atoms with Gasteiger partial charge in [-0.25, -0.2) is 4.79 Å². The van der Waals surface area contributed by atoms with Crippen molar-refractivity contribution < 1.29 is 14.6 Å². The van der Waals surface area contributed by atoms with Crippen molar-refractivity contribution in [3.8, 4) is 0 Å². The number of carbonyl (C=O) groups excluding carboxylic acids is 1. The van der Waals surface area contributed by atoms with Gasteiger partial charge in [0.05, 0.1) is 19.3 Å². The van der Waals surface area contributed by atoms with Gasteiger partial charge < -0.3 is 15.2 Å². The van der Waals surface area contributed by atoms with Crippen LogP contribution in [0.5, 0.6) is 0 Å². The van der Waals surface area contributed by atoms with Gasteiger partial charge in [-0.2, -0.15) is 0 Å². The molecule has 1 amide bonds. The molecular formula is C14H17NO3. The molecule has 0 radical (unpaired) electrons. The zero-order valence-electron chi connectivity index (χ0n) is 10.3. The molecule has 3 rings (SSSR count). The monoisotopic (exact) mass is 247 g/mol. The first-order chi connectivity index (χ1) is 8.70. The van der Waals surface area contributed by atoms with E-state index in [1.165, 1.54) is 18.2 Å². The van der Waals surface area contributed by atoms with Crippen LogP contribution in [0.25, 0.3) is 0 Å². The Morgan fingerprint density at radius 1 is 1.50 bits per heavy atom. The Morgan fingerprint density at radius 2 is 2.33 bits per heavy atom. The van der Waals surface area contributed by atoms with Crippen molar-refractivity contribution in [1.82, 2.24) is 5.32 Å². The summed E-state index contributed by atoms with van der Waals surface area (Å²) < 4.78 is 4.61. The van der Waals surface area contributed by atoms with Crippen LogP contribution < -0.4 is 5.32 Å². The molecule has 0 heterocycles. The zero-order valence-corrected chi connectivity index (χ0v) is 10.3. The van der Waals surface area contributed by atoms with E-state index in [0.29, 0.717) is 5.92 Å². The number of carbonyl (C=O) groups is 1. The van der Waals surface area contributed by atoms with Crippen LogP contribution in [-0.2, 0) is 11.2 Å². The van der Waals surface area contributed by atoms with Gasteiger partial charge in [-0.05, 0) is 41.9 Å². The predicted molar refractivity (Wildman–Crippen MR) is 66.4 cm³/mol. The predicted octanol–water partition coefficient (Wildman–Crippen LogP) is 1.88. The third-order valence-electron chi connectivity index (χ3n) is 4.13. The van der Waals surface area contributed by atoms with Crippen molar-refractivity contribution in [2.24, 2.45) is 0 Å². The highest BCUT2D eigenvalue weighted by Gasteiger charge is 2.38. The maximum atomic E-state index is 11.3. The number of rotatable bonds is 1. The third-order valence-corrected chi connectivity index (χ3v) is 4.13. The van der Waals surface area contributed by atoms with Crippen LogP contribution in [0.15, 0.2) is 18.2 Å². The molecule has 1 aromatic rings. The minimum atomic E-state index is -0.631. The van der Waals surface area contributed by atoms with Crippen molar-refractivity contribution in [1.29, 1.82) is 0 Å². The fourth-order valence-electron chi connectivity index (χ4n) is 3.32. The number of nitrogens with one attached hydrogen (secondary N) is 1. The number of aryl methyl sites for hydroxylation is 1. The van der Waals surface area contributed by atoms with Crippen LogP contribution in [0.3, 0.4) is 0 Å². The molecule has 0 aromatic heterocycles. The Kier molecular flexibility index (Phi) is 2.74. The summed E-state index contributed by atoms with van der Waals surface area (Å²) in [6.07, 6.45) is 1.87. The lowest BCUT2D eigenvalue weighted by molar-refractivity contribution is 0.0988. The molecule has 0 saturated carbocycles. The smallest absolute Gasteiger partial charge is 0.407 e. The first-order valence-electron chi connectivity index (χ1n) is 6.35. The van der Waals surface area contributed by atoms with Crippen LogP contribution in [0.4, 0.5) is 4.79 Å². The number of ether oxygens (including phenoxy) is 1. The number of alkyl carbamates (subject to hydrolysis) is 1. The summed E-state index contributed by atoms with van der Waals surface area (Å²) in [7, 11) is 1.34. The van der Waals surface area contributed by atoms with Crippen LogP contribution >= 0.6 is 0 Å². The molecule has 2 aliphatic rings. The van der Waals surface area contributed by atoms with Crippen molar-refractivity contribution >= 4 is 6.09 Å². The van der Waals surface area contributed by atoms with E-state index >= 15 is 0 Å². The highest BCUT2D eigenvalue weighted by molar-refractivity contribution is 5.67. The fraction of sp³-hybridized carbons (Fsp3) is 0.500. The second kappa shape index (κ2) is 4.28. The topological polar surface area (TPSA) is 58.6 Å². The highest BCUT2D eigenvalue weighted by Crippen LogP contribution is 2.46. The molecule has 18 heavy (non-hydrogen) atoms. The van der Waals surface area contributed by atoms with Gasteiger partial charge in [0.25, 0.3) is 0 Å². The van der Waals surface area contributed by atoms with Gasteiger partial charge >= 0.3 is 6.09 Å². The van der Waals surface area contributed by atoms with Gasteiger partial charge in [-0.1, -0.05) is 18.2 Å². The van der Waals surface area contributed by atoms with Gasteiger partial charge in [0, 0.05) is 0 Å². The number of aliphatic hydroxyl groups is 1. The number of hydrogen-bond donors (Lipinski definition) is 2. The molecule has 4 heteroatoms. The van der Waals surface area contributed by atoms with E-state index < -0.39 is 12.2 Å². The molecule has 2 aliphatic carbocycles. The summed E-state index contributed by atoms with van der Waals surface area (Å²) in [5.74, 6) is 0.460. The summed E-state index contributed by atoms with van der Waals surface area (Å²) >= 11 is 0. The van der Waals surface area contributed by atoms with E-state index in [2.05, 4.69) is 16.1 Å². The molecule has 1 aromatic carbocycles. The first-order valence-corrected chi connectivity index (χ1v) is 6.35.